The summed E-state index contributed by atoms with van der Waals surface area (Å²) in [5.41, 5.74) is 0.899. The van der Waals surface area contributed by atoms with E-state index in [9.17, 15) is 19.2 Å². The van der Waals surface area contributed by atoms with Crippen molar-refractivity contribution in [3.8, 4) is 0 Å². The highest BCUT2D eigenvalue weighted by atomic mass is 16.5. The fourth-order valence-corrected chi connectivity index (χ4v) is 2.73. The largest absolute Gasteiger partial charge is 0.459 e. The van der Waals surface area contributed by atoms with Crippen molar-refractivity contribution in [1.29, 1.82) is 0 Å². The topological polar surface area (TPSA) is 115 Å². The Labute approximate surface area is 175 Å². The molecular formula is C22H26N2O6. The van der Waals surface area contributed by atoms with E-state index in [0.717, 1.165) is 5.56 Å². The number of hydrogen-bond donors (Lipinski definition) is 2. The van der Waals surface area contributed by atoms with Gasteiger partial charge in [-0.1, -0.05) is 44.2 Å². The number of benzene rings is 1. The maximum atomic E-state index is 12.4. The van der Waals surface area contributed by atoms with Crippen molar-refractivity contribution in [3.63, 3.8) is 0 Å². The number of furan rings is 1. The lowest BCUT2D eigenvalue weighted by Gasteiger charge is -2.21. The van der Waals surface area contributed by atoms with Crippen LogP contribution in [0.1, 0.15) is 36.9 Å². The summed E-state index contributed by atoms with van der Waals surface area (Å²) in [6, 6.07) is 10.6. The highest BCUT2D eigenvalue weighted by molar-refractivity contribution is 5.95. The molecule has 1 aromatic heterocycles. The van der Waals surface area contributed by atoms with Gasteiger partial charge < -0.3 is 19.8 Å². The van der Waals surface area contributed by atoms with Crippen molar-refractivity contribution in [3.05, 3.63) is 60.1 Å². The molecule has 8 nitrogen and oxygen atoms in total. The molecule has 2 aromatic rings. The van der Waals surface area contributed by atoms with Gasteiger partial charge in [0.15, 0.2) is 18.2 Å². The molecule has 0 saturated carbocycles. The zero-order chi connectivity index (χ0) is 22.1. The smallest absolute Gasteiger partial charge is 0.329 e. The molecule has 8 heteroatoms. The van der Waals surface area contributed by atoms with E-state index in [0.29, 0.717) is 6.42 Å². The number of amides is 2. The van der Waals surface area contributed by atoms with Crippen LogP contribution in [0.25, 0.3) is 0 Å². The van der Waals surface area contributed by atoms with Crippen molar-refractivity contribution in [2.24, 2.45) is 5.92 Å². The van der Waals surface area contributed by atoms with Crippen LogP contribution >= 0.6 is 0 Å². The van der Waals surface area contributed by atoms with Gasteiger partial charge in [0.1, 0.15) is 6.04 Å². The Morgan fingerprint density at radius 3 is 2.27 bits per heavy atom. The van der Waals surface area contributed by atoms with E-state index < -0.39 is 36.5 Å². The Bertz CT molecular complexity index is 861. The van der Waals surface area contributed by atoms with Crippen LogP contribution in [0.4, 0.5) is 0 Å². The van der Waals surface area contributed by atoms with E-state index in [1.54, 1.807) is 19.9 Å². The predicted octanol–water partition coefficient (Wildman–Crippen LogP) is 1.89. The van der Waals surface area contributed by atoms with E-state index >= 15 is 0 Å². The first-order valence-corrected chi connectivity index (χ1v) is 9.62. The van der Waals surface area contributed by atoms with Crippen LogP contribution in [-0.4, -0.2) is 42.3 Å². The van der Waals surface area contributed by atoms with Gasteiger partial charge >= 0.3 is 5.97 Å². The molecule has 0 unspecified atom stereocenters. The third kappa shape index (κ3) is 6.88. The molecule has 0 aliphatic rings. The summed E-state index contributed by atoms with van der Waals surface area (Å²) in [6.45, 7) is 4.30. The minimum atomic E-state index is -0.955. The summed E-state index contributed by atoms with van der Waals surface area (Å²) in [6.07, 6.45) is 1.69. The van der Waals surface area contributed by atoms with Crippen LogP contribution in [0.2, 0.25) is 0 Å². The zero-order valence-electron chi connectivity index (χ0n) is 17.2. The predicted molar refractivity (Wildman–Crippen MR) is 109 cm³/mol. The third-order valence-electron chi connectivity index (χ3n) is 4.41. The molecule has 2 N–H and O–H groups in total. The lowest BCUT2D eigenvalue weighted by molar-refractivity contribution is -0.151. The molecule has 0 saturated heterocycles. The van der Waals surface area contributed by atoms with Crippen LogP contribution in [0.5, 0.6) is 0 Å². The Morgan fingerprint density at radius 2 is 1.70 bits per heavy atom. The molecule has 0 bridgehead atoms. The van der Waals surface area contributed by atoms with Crippen LogP contribution in [0.15, 0.2) is 53.1 Å². The van der Waals surface area contributed by atoms with Crippen LogP contribution < -0.4 is 10.6 Å². The molecule has 0 fully saturated rings. The number of hydrogen-bond acceptors (Lipinski definition) is 6. The number of carbonyl (C=O) groups excluding carboxylic acids is 4. The Balaban J connectivity index is 1.89. The molecule has 2 atom stereocenters. The average Bonchev–Trinajstić information content (AvgIpc) is 3.25. The monoisotopic (exact) mass is 414 g/mol. The average molecular weight is 414 g/mol. The van der Waals surface area contributed by atoms with Gasteiger partial charge in [0.25, 0.3) is 11.8 Å². The fraction of sp³-hybridized carbons (Fsp3) is 0.364. The molecule has 0 spiro atoms. The standard InChI is InChI=1S/C22H26N2O6/c1-14(2)20(24-21(27)18-10-7-11-29-18)22(28)30-13-19(26)23-17(15(3)25)12-16-8-5-4-6-9-16/h4-11,14,17,20H,12-13H2,1-3H3,(H,23,26)(H,24,27)/t17-,20-/m0/s1. The molecule has 30 heavy (non-hydrogen) atoms. The van der Waals surface area contributed by atoms with Crippen LogP contribution in [0.3, 0.4) is 0 Å². The van der Waals surface area contributed by atoms with E-state index in [1.165, 1.54) is 19.3 Å². The SMILES string of the molecule is CC(=O)[C@H](Cc1ccccc1)NC(=O)COC(=O)[C@@H](NC(=O)c1ccco1)C(C)C. The van der Waals surface area contributed by atoms with Gasteiger partial charge in [0.05, 0.1) is 12.3 Å². The summed E-state index contributed by atoms with van der Waals surface area (Å²) in [4.78, 5) is 48.6. The molecule has 0 aliphatic heterocycles. The summed E-state index contributed by atoms with van der Waals surface area (Å²) >= 11 is 0. The number of nitrogens with one attached hydrogen (secondary N) is 2. The quantitative estimate of drug-likeness (QED) is 0.574. The summed E-state index contributed by atoms with van der Waals surface area (Å²) in [5, 5.41) is 5.12. The first-order chi connectivity index (χ1) is 14.3. The van der Waals surface area contributed by atoms with Gasteiger partial charge in [0.2, 0.25) is 0 Å². The second-order valence-electron chi connectivity index (χ2n) is 7.20. The van der Waals surface area contributed by atoms with E-state index in [1.807, 2.05) is 30.3 Å². The number of esters is 1. The van der Waals surface area contributed by atoms with Gasteiger partial charge in [-0.2, -0.15) is 0 Å². The Hall–Kier alpha value is -3.42. The lowest BCUT2D eigenvalue weighted by Crippen LogP contribution is -2.47. The lowest BCUT2D eigenvalue weighted by atomic mass is 10.0. The highest BCUT2D eigenvalue weighted by Crippen LogP contribution is 2.08. The number of ether oxygens (including phenoxy) is 1. The molecule has 0 aliphatic carbocycles. The van der Waals surface area contributed by atoms with Crippen molar-refractivity contribution in [2.75, 3.05) is 6.61 Å². The molecule has 160 valence electrons. The Kier molecular flexibility index (Phi) is 8.34. The van der Waals surface area contributed by atoms with Gasteiger partial charge in [-0.3, -0.25) is 14.4 Å². The van der Waals surface area contributed by atoms with Crippen molar-refractivity contribution in [2.45, 2.75) is 39.3 Å². The summed E-state index contributed by atoms with van der Waals surface area (Å²) in [7, 11) is 0. The van der Waals surface area contributed by atoms with Gasteiger partial charge in [-0.15, -0.1) is 0 Å². The van der Waals surface area contributed by atoms with Crippen LogP contribution in [-0.2, 0) is 25.5 Å². The van der Waals surface area contributed by atoms with E-state index in [-0.39, 0.29) is 17.5 Å². The maximum absolute atomic E-state index is 12.4. The number of rotatable bonds is 10. The second-order valence-corrected chi connectivity index (χ2v) is 7.20. The number of Topliss-reactive ketones (excluding diaryl/α,β-unsaturated/α-hetero) is 1. The summed E-state index contributed by atoms with van der Waals surface area (Å²) < 4.78 is 10.1. The molecular weight excluding hydrogens is 388 g/mol. The van der Waals surface area contributed by atoms with Crippen LogP contribution in [0, 0.1) is 5.92 Å². The molecule has 0 radical (unpaired) electrons. The third-order valence-corrected chi connectivity index (χ3v) is 4.41. The van der Waals surface area contributed by atoms with Gasteiger partial charge in [0, 0.05) is 0 Å². The van der Waals surface area contributed by atoms with Crippen molar-refractivity contribution in [1.82, 2.24) is 10.6 Å². The molecule has 2 rings (SSSR count). The first kappa shape index (κ1) is 22.9. The molecule has 2 amide bonds. The first-order valence-electron chi connectivity index (χ1n) is 9.62. The minimum Gasteiger partial charge on any atom is -0.459 e. The Morgan fingerprint density at radius 1 is 1.00 bits per heavy atom. The summed E-state index contributed by atoms with van der Waals surface area (Å²) in [5.74, 6) is -2.32. The highest BCUT2D eigenvalue weighted by Gasteiger charge is 2.28. The van der Waals surface area contributed by atoms with Crippen molar-refractivity contribution < 1.29 is 28.3 Å². The van der Waals surface area contributed by atoms with Gasteiger partial charge in [-0.05, 0) is 37.0 Å². The van der Waals surface area contributed by atoms with E-state index in [4.69, 9.17) is 9.15 Å². The van der Waals surface area contributed by atoms with Gasteiger partial charge in [-0.25, -0.2) is 4.79 Å². The molecule has 1 aromatic carbocycles. The molecule has 1 heterocycles. The number of ketones is 1. The minimum absolute atomic E-state index is 0.0661. The van der Waals surface area contributed by atoms with Crippen molar-refractivity contribution >= 4 is 23.6 Å². The maximum Gasteiger partial charge on any atom is 0.329 e. The fourth-order valence-electron chi connectivity index (χ4n) is 2.73. The number of carbonyl (C=O) groups is 4. The zero-order valence-corrected chi connectivity index (χ0v) is 17.2. The normalized spacial score (nSPS) is 12.7. The van der Waals surface area contributed by atoms with E-state index in [2.05, 4.69) is 10.6 Å². The second kappa shape index (κ2) is 10.9.